The summed E-state index contributed by atoms with van der Waals surface area (Å²) in [6.45, 7) is 0.297. The number of carbonyl (C=O) groups is 1. The number of aromatic nitrogens is 1. The molecule has 2 heterocycles. The number of thiophene rings is 1. The molecule has 0 aliphatic carbocycles. The molecule has 3 nitrogen and oxygen atoms in total. The van der Waals surface area contributed by atoms with Crippen LogP contribution in [0.4, 0.5) is 0 Å². The monoisotopic (exact) mass is 301 g/mol. The van der Waals surface area contributed by atoms with Gasteiger partial charge in [-0.05, 0) is 22.9 Å². The molecule has 2 aromatic heterocycles. The van der Waals surface area contributed by atoms with Crippen LogP contribution in [0.1, 0.15) is 10.6 Å². The SMILES string of the molecule is O=C(/C=C/c1nccs1)OCc1csc2ccccc12. The summed E-state index contributed by atoms with van der Waals surface area (Å²) in [4.78, 5) is 15.7. The van der Waals surface area contributed by atoms with E-state index in [-0.39, 0.29) is 5.97 Å². The summed E-state index contributed by atoms with van der Waals surface area (Å²) in [5.41, 5.74) is 1.04. The normalized spacial score (nSPS) is 11.2. The Labute approximate surface area is 124 Å². The number of esters is 1. The van der Waals surface area contributed by atoms with Crippen molar-refractivity contribution < 1.29 is 9.53 Å². The van der Waals surface area contributed by atoms with E-state index in [4.69, 9.17) is 4.74 Å². The summed E-state index contributed by atoms with van der Waals surface area (Å²) in [6, 6.07) is 8.10. The van der Waals surface area contributed by atoms with Crippen molar-refractivity contribution in [2.24, 2.45) is 0 Å². The molecule has 3 aromatic rings. The van der Waals surface area contributed by atoms with E-state index in [1.165, 1.54) is 22.1 Å². The number of fused-ring (bicyclic) bond motifs is 1. The van der Waals surface area contributed by atoms with Crippen molar-refractivity contribution in [2.45, 2.75) is 6.61 Å². The summed E-state index contributed by atoms with van der Waals surface area (Å²) >= 11 is 3.14. The highest BCUT2D eigenvalue weighted by Crippen LogP contribution is 2.26. The average molecular weight is 301 g/mol. The Morgan fingerprint density at radius 2 is 2.20 bits per heavy atom. The maximum absolute atomic E-state index is 11.6. The van der Waals surface area contributed by atoms with Gasteiger partial charge in [0.1, 0.15) is 11.6 Å². The molecule has 0 radical (unpaired) electrons. The summed E-state index contributed by atoms with van der Waals surface area (Å²) in [6.07, 6.45) is 4.78. The predicted molar refractivity (Wildman–Crippen MR) is 82.8 cm³/mol. The minimum Gasteiger partial charge on any atom is -0.458 e. The lowest BCUT2D eigenvalue weighted by Gasteiger charge is -2.00. The largest absolute Gasteiger partial charge is 0.458 e. The standard InChI is InChI=1S/C15H11NO2S2/c17-15(6-5-14-16-7-8-19-14)18-9-11-10-20-13-4-2-1-3-12(11)13/h1-8,10H,9H2/b6-5+. The van der Waals surface area contributed by atoms with E-state index in [1.807, 2.05) is 29.0 Å². The van der Waals surface area contributed by atoms with E-state index in [1.54, 1.807) is 23.6 Å². The van der Waals surface area contributed by atoms with Crippen LogP contribution in [0.3, 0.4) is 0 Å². The summed E-state index contributed by atoms with van der Waals surface area (Å²) in [5.74, 6) is -0.351. The maximum atomic E-state index is 11.6. The molecule has 3 rings (SSSR count). The first kappa shape index (κ1) is 13.0. The van der Waals surface area contributed by atoms with Crippen LogP contribution in [0.15, 0.2) is 47.3 Å². The Bertz CT molecular complexity index is 744. The molecule has 0 saturated heterocycles. The molecule has 0 saturated carbocycles. The zero-order valence-electron chi connectivity index (χ0n) is 10.5. The molecule has 0 bridgehead atoms. The van der Waals surface area contributed by atoms with Crippen LogP contribution < -0.4 is 0 Å². The number of hydrogen-bond donors (Lipinski definition) is 0. The summed E-state index contributed by atoms with van der Waals surface area (Å²) in [5, 5.41) is 5.84. The first-order valence-electron chi connectivity index (χ1n) is 6.02. The van der Waals surface area contributed by atoms with Crippen LogP contribution in [-0.2, 0) is 16.1 Å². The van der Waals surface area contributed by atoms with Crippen molar-refractivity contribution >= 4 is 44.8 Å². The van der Waals surface area contributed by atoms with Gasteiger partial charge in [-0.2, -0.15) is 0 Å². The molecule has 0 aliphatic rings. The van der Waals surface area contributed by atoms with Gasteiger partial charge in [0.05, 0.1) is 0 Å². The van der Waals surface area contributed by atoms with Crippen molar-refractivity contribution in [3.8, 4) is 0 Å². The minimum atomic E-state index is -0.351. The van der Waals surface area contributed by atoms with Crippen LogP contribution in [0.25, 0.3) is 16.2 Å². The smallest absolute Gasteiger partial charge is 0.331 e. The van der Waals surface area contributed by atoms with Gasteiger partial charge in [0.25, 0.3) is 0 Å². The van der Waals surface area contributed by atoms with Gasteiger partial charge in [-0.1, -0.05) is 18.2 Å². The molecular formula is C15H11NO2S2. The Kier molecular flexibility index (Phi) is 3.90. The fourth-order valence-corrected chi connectivity index (χ4v) is 3.27. The van der Waals surface area contributed by atoms with Crippen molar-refractivity contribution in [3.05, 3.63) is 57.9 Å². The Hall–Kier alpha value is -1.98. The van der Waals surface area contributed by atoms with E-state index in [0.29, 0.717) is 6.61 Å². The quantitative estimate of drug-likeness (QED) is 0.537. The zero-order valence-corrected chi connectivity index (χ0v) is 12.1. The van der Waals surface area contributed by atoms with Gasteiger partial charge in [-0.25, -0.2) is 9.78 Å². The number of benzene rings is 1. The third-order valence-electron chi connectivity index (χ3n) is 2.74. The van der Waals surface area contributed by atoms with Crippen molar-refractivity contribution in [1.82, 2.24) is 4.98 Å². The minimum absolute atomic E-state index is 0.297. The molecule has 1 aromatic carbocycles. The van der Waals surface area contributed by atoms with Gasteiger partial charge >= 0.3 is 5.97 Å². The molecule has 0 atom stereocenters. The van der Waals surface area contributed by atoms with Gasteiger partial charge in [0, 0.05) is 27.9 Å². The van der Waals surface area contributed by atoms with Crippen molar-refractivity contribution in [2.75, 3.05) is 0 Å². The topological polar surface area (TPSA) is 39.2 Å². The zero-order chi connectivity index (χ0) is 13.8. The van der Waals surface area contributed by atoms with E-state index in [9.17, 15) is 4.79 Å². The van der Waals surface area contributed by atoms with Crippen LogP contribution >= 0.6 is 22.7 Å². The fraction of sp³-hybridized carbons (Fsp3) is 0.0667. The lowest BCUT2D eigenvalue weighted by Crippen LogP contribution is -2.00. The molecule has 0 aliphatic heterocycles. The van der Waals surface area contributed by atoms with Crippen LogP contribution in [0.5, 0.6) is 0 Å². The Balaban J connectivity index is 1.63. The predicted octanol–water partition coefficient (Wildman–Crippen LogP) is 4.11. The highest BCUT2D eigenvalue weighted by atomic mass is 32.1. The molecule has 0 N–H and O–H groups in total. The highest BCUT2D eigenvalue weighted by molar-refractivity contribution is 7.17. The lowest BCUT2D eigenvalue weighted by atomic mass is 10.2. The third kappa shape index (κ3) is 2.95. The van der Waals surface area contributed by atoms with Gasteiger partial charge in [0.2, 0.25) is 0 Å². The first-order chi connectivity index (χ1) is 9.83. The second-order valence-electron chi connectivity index (χ2n) is 4.07. The Morgan fingerprint density at radius 1 is 1.30 bits per heavy atom. The number of rotatable bonds is 4. The first-order valence-corrected chi connectivity index (χ1v) is 7.78. The van der Waals surface area contributed by atoms with E-state index in [0.717, 1.165) is 16.0 Å². The van der Waals surface area contributed by atoms with Gasteiger partial charge in [-0.15, -0.1) is 22.7 Å². The molecule has 0 amide bonds. The number of thiazole rings is 1. The average Bonchev–Trinajstić information content (AvgIpc) is 3.12. The van der Waals surface area contributed by atoms with Crippen molar-refractivity contribution in [3.63, 3.8) is 0 Å². The van der Waals surface area contributed by atoms with Gasteiger partial charge in [0.15, 0.2) is 0 Å². The molecule has 20 heavy (non-hydrogen) atoms. The van der Waals surface area contributed by atoms with Crippen LogP contribution in [-0.4, -0.2) is 11.0 Å². The third-order valence-corrected chi connectivity index (χ3v) is 4.50. The van der Waals surface area contributed by atoms with E-state index < -0.39 is 0 Å². The molecule has 5 heteroatoms. The maximum Gasteiger partial charge on any atom is 0.331 e. The number of carbonyl (C=O) groups excluding carboxylic acids is 1. The number of nitrogens with zero attached hydrogens (tertiary/aromatic N) is 1. The van der Waals surface area contributed by atoms with Gasteiger partial charge in [-0.3, -0.25) is 0 Å². The van der Waals surface area contributed by atoms with E-state index in [2.05, 4.69) is 11.1 Å². The van der Waals surface area contributed by atoms with Crippen LogP contribution in [0, 0.1) is 0 Å². The second-order valence-corrected chi connectivity index (χ2v) is 5.91. The van der Waals surface area contributed by atoms with Gasteiger partial charge < -0.3 is 4.74 Å². The van der Waals surface area contributed by atoms with Crippen LogP contribution in [0.2, 0.25) is 0 Å². The van der Waals surface area contributed by atoms with E-state index >= 15 is 0 Å². The molecule has 0 fully saturated rings. The summed E-state index contributed by atoms with van der Waals surface area (Å²) in [7, 11) is 0. The summed E-state index contributed by atoms with van der Waals surface area (Å²) < 4.78 is 6.46. The fourth-order valence-electron chi connectivity index (χ4n) is 1.80. The Morgan fingerprint density at radius 3 is 3.05 bits per heavy atom. The lowest BCUT2D eigenvalue weighted by molar-refractivity contribution is -0.138. The number of ether oxygens (including phenoxy) is 1. The molecule has 100 valence electrons. The second kappa shape index (κ2) is 5.98. The molecular weight excluding hydrogens is 290 g/mol. The number of hydrogen-bond acceptors (Lipinski definition) is 5. The van der Waals surface area contributed by atoms with Crippen molar-refractivity contribution in [1.29, 1.82) is 0 Å². The highest BCUT2D eigenvalue weighted by Gasteiger charge is 2.05. The molecule has 0 unspecified atom stereocenters. The molecule has 0 spiro atoms.